The molecule has 1 N–H and O–H groups in total. The van der Waals surface area contributed by atoms with E-state index in [1.807, 2.05) is 32.9 Å². The molecule has 0 aliphatic carbocycles. The molecule has 1 aromatic rings. The molecule has 0 aromatic heterocycles. The lowest BCUT2D eigenvalue weighted by molar-refractivity contribution is -0.137. The van der Waals surface area contributed by atoms with E-state index in [1.165, 1.54) is 6.07 Å². The molecule has 1 aromatic carbocycles. The van der Waals surface area contributed by atoms with Crippen LogP contribution in [0.4, 0.5) is 13.2 Å². The number of halogens is 3. The average Bonchev–Trinajstić information content (AvgIpc) is 2.37. The van der Waals surface area contributed by atoms with Crippen molar-refractivity contribution in [3.63, 3.8) is 0 Å². The van der Waals surface area contributed by atoms with Gasteiger partial charge in [0.25, 0.3) is 0 Å². The van der Waals surface area contributed by atoms with Crippen LogP contribution < -0.4 is 5.32 Å². The van der Waals surface area contributed by atoms with Crippen LogP contribution >= 0.6 is 0 Å². The van der Waals surface area contributed by atoms with Gasteiger partial charge in [0, 0.05) is 6.54 Å². The van der Waals surface area contributed by atoms with Gasteiger partial charge in [0.1, 0.15) is 0 Å². The highest BCUT2D eigenvalue weighted by Gasteiger charge is 2.35. The molecule has 0 saturated carbocycles. The van der Waals surface area contributed by atoms with Gasteiger partial charge in [-0.25, -0.2) is 0 Å². The molecule has 1 nitrogen and oxygen atoms in total. The normalized spacial score (nSPS) is 17.0. The van der Waals surface area contributed by atoms with Crippen molar-refractivity contribution in [3.05, 3.63) is 41.0 Å². The van der Waals surface area contributed by atoms with Crippen LogP contribution in [0, 0.1) is 0 Å². The Hall–Kier alpha value is -1.29. The number of hydrogen-bond acceptors (Lipinski definition) is 1. The van der Waals surface area contributed by atoms with E-state index < -0.39 is 11.7 Å². The minimum atomic E-state index is -4.32. The van der Waals surface area contributed by atoms with Crippen LogP contribution in [0.25, 0.3) is 5.57 Å². The fourth-order valence-corrected chi connectivity index (χ4v) is 2.39. The van der Waals surface area contributed by atoms with Crippen molar-refractivity contribution >= 4 is 5.57 Å². The number of benzene rings is 1. The van der Waals surface area contributed by atoms with E-state index in [2.05, 4.69) is 5.32 Å². The van der Waals surface area contributed by atoms with Gasteiger partial charge in [-0.05, 0) is 41.1 Å². The summed E-state index contributed by atoms with van der Waals surface area (Å²) in [5.74, 6) is 0. The van der Waals surface area contributed by atoms with Crippen molar-refractivity contribution in [3.8, 4) is 0 Å². The van der Waals surface area contributed by atoms with Gasteiger partial charge in [0.2, 0.25) is 0 Å². The third-order valence-corrected chi connectivity index (χ3v) is 3.60. The Labute approximate surface area is 117 Å². The molecule has 0 saturated heterocycles. The summed E-state index contributed by atoms with van der Waals surface area (Å²) in [5, 5.41) is 3.12. The lowest BCUT2D eigenvalue weighted by Crippen LogP contribution is -2.21. The minimum Gasteiger partial charge on any atom is -0.313 e. The maximum atomic E-state index is 13.3. The van der Waals surface area contributed by atoms with Gasteiger partial charge in [-0.2, -0.15) is 13.2 Å². The van der Waals surface area contributed by atoms with Gasteiger partial charge >= 0.3 is 6.18 Å². The van der Waals surface area contributed by atoms with E-state index in [9.17, 15) is 13.2 Å². The van der Waals surface area contributed by atoms with Crippen LogP contribution in [-0.4, -0.2) is 13.1 Å². The number of rotatable bonds is 1. The Morgan fingerprint density at radius 1 is 1.10 bits per heavy atom. The van der Waals surface area contributed by atoms with Crippen molar-refractivity contribution in [2.24, 2.45) is 0 Å². The van der Waals surface area contributed by atoms with Gasteiger partial charge in [-0.15, -0.1) is 0 Å². The van der Waals surface area contributed by atoms with E-state index in [0.717, 1.165) is 12.1 Å². The van der Waals surface area contributed by atoms with Crippen molar-refractivity contribution in [1.29, 1.82) is 0 Å². The summed E-state index contributed by atoms with van der Waals surface area (Å²) >= 11 is 0. The lowest BCUT2D eigenvalue weighted by atomic mass is 9.83. The fraction of sp³-hybridized carbons (Fsp3) is 0.500. The monoisotopic (exact) mass is 283 g/mol. The molecule has 1 aliphatic rings. The first kappa shape index (κ1) is 15.1. The summed E-state index contributed by atoms with van der Waals surface area (Å²) in [6, 6.07) is 4.74. The number of hydrogen-bond donors (Lipinski definition) is 1. The zero-order chi connectivity index (χ0) is 15.0. The molecule has 4 heteroatoms. The number of nitrogens with one attached hydrogen (secondary N) is 1. The van der Waals surface area contributed by atoms with Gasteiger partial charge in [-0.1, -0.05) is 39.0 Å². The third kappa shape index (κ3) is 3.23. The topological polar surface area (TPSA) is 12.0 Å². The summed E-state index contributed by atoms with van der Waals surface area (Å²) in [6.45, 7) is 7.13. The summed E-state index contributed by atoms with van der Waals surface area (Å²) in [6.07, 6.45) is -1.83. The molecular formula is C16H20F3N. The molecule has 0 amide bonds. The molecule has 1 heterocycles. The van der Waals surface area contributed by atoms with Gasteiger partial charge in [0.15, 0.2) is 0 Å². The van der Waals surface area contributed by atoms with Crippen molar-refractivity contribution in [2.75, 3.05) is 13.1 Å². The predicted molar refractivity (Wildman–Crippen MR) is 75.6 cm³/mol. The van der Waals surface area contributed by atoms with E-state index in [-0.39, 0.29) is 5.41 Å². The molecule has 0 unspecified atom stereocenters. The second-order valence-corrected chi connectivity index (χ2v) is 6.19. The Morgan fingerprint density at radius 2 is 1.80 bits per heavy atom. The molecule has 0 atom stereocenters. The second kappa shape index (κ2) is 5.24. The predicted octanol–water partition coefficient (Wildman–Crippen LogP) is 4.38. The molecule has 1 aliphatic heterocycles. The second-order valence-electron chi connectivity index (χ2n) is 6.19. The zero-order valence-corrected chi connectivity index (χ0v) is 12.1. The quantitative estimate of drug-likeness (QED) is 0.806. The Morgan fingerprint density at radius 3 is 2.30 bits per heavy atom. The summed E-state index contributed by atoms with van der Waals surface area (Å²) in [7, 11) is 0. The molecule has 20 heavy (non-hydrogen) atoms. The third-order valence-electron chi connectivity index (χ3n) is 3.60. The van der Waals surface area contributed by atoms with Crippen LogP contribution in [0.2, 0.25) is 0 Å². The average molecular weight is 283 g/mol. The van der Waals surface area contributed by atoms with Crippen LogP contribution in [0.15, 0.2) is 24.3 Å². The van der Waals surface area contributed by atoms with Crippen LogP contribution in [-0.2, 0) is 11.6 Å². The number of alkyl halides is 3. The van der Waals surface area contributed by atoms with Crippen molar-refractivity contribution < 1.29 is 13.2 Å². The van der Waals surface area contributed by atoms with Crippen LogP contribution in [0.5, 0.6) is 0 Å². The molecule has 0 spiro atoms. The van der Waals surface area contributed by atoms with E-state index in [4.69, 9.17) is 0 Å². The van der Waals surface area contributed by atoms with E-state index >= 15 is 0 Å². The highest BCUT2D eigenvalue weighted by molar-refractivity contribution is 5.70. The molecular weight excluding hydrogens is 263 g/mol. The van der Waals surface area contributed by atoms with E-state index in [0.29, 0.717) is 24.1 Å². The first-order chi connectivity index (χ1) is 9.19. The Kier molecular flexibility index (Phi) is 3.96. The van der Waals surface area contributed by atoms with Crippen molar-refractivity contribution in [2.45, 2.75) is 38.8 Å². The maximum absolute atomic E-state index is 13.3. The van der Waals surface area contributed by atoms with Gasteiger partial charge in [-0.3, -0.25) is 0 Å². The molecule has 0 radical (unpaired) electrons. The summed E-state index contributed by atoms with van der Waals surface area (Å²) < 4.78 is 40.0. The zero-order valence-electron chi connectivity index (χ0n) is 12.1. The standard InChI is InChI=1S/C16H20F3N/c1-15(2,3)12-4-5-13(11-6-8-20-9-7-11)14(10-12)16(17,18)19/h4-6,10,20H,7-9H2,1-3H3. The lowest BCUT2D eigenvalue weighted by Gasteiger charge is -2.24. The fourth-order valence-electron chi connectivity index (χ4n) is 2.39. The molecule has 0 bridgehead atoms. The molecule has 2 rings (SSSR count). The molecule has 0 fully saturated rings. The molecule has 110 valence electrons. The van der Waals surface area contributed by atoms with Gasteiger partial charge in [0.05, 0.1) is 5.56 Å². The maximum Gasteiger partial charge on any atom is 0.417 e. The van der Waals surface area contributed by atoms with Crippen LogP contribution in [0.3, 0.4) is 0 Å². The first-order valence-corrected chi connectivity index (χ1v) is 6.81. The summed E-state index contributed by atoms with van der Waals surface area (Å²) in [5.41, 5.74) is 1.02. The summed E-state index contributed by atoms with van der Waals surface area (Å²) in [4.78, 5) is 0. The Bertz CT molecular complexity index is 522. The smallest absolute Gasteiger partial charge is 0.313 e. The van der Waals surface area contributed by atoms with Crippen LogP contribution in [0.1, 0.15) is 43.9 Å². The minimum absolute atomic E-state index is 0.291. The highest BCUT2D eigenvalue weighted by Crippen LogP contribution is 2.38. The van der Waals surface area contributed by atoms with E-state index in [1.54, 1.807) is 6.07 Å². The SMILES string of the molecule is CC(C)(C)c1ccc(C2=CCNCC2)c(C(F)(F)F)c1. The Balaban J connectivity index is 2.54. The largest absolute Gasteiger partial charge is 0.417 e. The van der Waals surface area contributed by atoms with Gasteiger partial charge < -0.3 is 5.32 Å². The first-order valence-electron chi connectivity index (χ1n) is 6.81. The highest BCUT2D eigenvalue weighted by atomic mass is 19.4. The van der Waals surface area contributed by atoms with Crippen molar-refractivity contribution in [1.82, 2.24) is 5.32 Å².